The third-order valence-corrected chi connectivity index (χ3v) is 8.41. The number of hydrogen-bond acceptors (Lipinski definition) is 7. The van der Waals surface area contributed by atoms with E-state index in [9.17, 15) is 9.90 Å². The number of nitrogens with zero attached hydrogens (tertiary/aromatic N) is 2. The van der Waals surface area contributed by atoms with E-state index < -0.39 is 6.29 Å². The summed E-state index contributed by atoms with van der Waals surface area (Å²) in [4.78, 5) is 16.8. The van der Waals surface area contributed by atoms with E-state index in [-0.39, 0.29) is 24.7 Å². The maximum atomic E-state index is 12.6. The van der Waals surface area contributed by atoms with Crippen LogP contribution < -0.4 is 5.32 Å². The zero-order valence-electron chi connectivity index (χ0n) is 23.4. The van der Waals surface area contributed by atoms with Gasteiger partial charge in [0, 0.05) is 29.8 Å². The van der Waals surface area contributed by atoms with Crippen LogP contribution in [0.5, 0.6) is 0 Å². The van der Waals surface area contributed by atoms with Crippen LogP contribution in [0.2, 0.25) is 0 Å². The van der Waals surface area contributed by atoms with Crippen molar-refractivity contribution < 1.29 is 19.4 Å². The molecule has 0 saturated carbocycles. The lowest BCUT2D eigenvalue weighted by atomic mass is 9.97. The van der Waals surface area contributed by atoms with Crippen molar-refractivity contribution in [2.24, 2.45) is 0 Å². The van der Waals surface area contributed by atoms with E-state index >= 15 is 0 Å². The number of aromatic nitrogens is 3. The highest BCUT2D eigenvalue weighted by Gasteiger charge is 2.32. The summed E-state index contributed by atoms with van der Waals surface area (Å²) in [7, 11) is 0. The summed E-state index contributed by atoms with van der Waals surface area (Å²) in [6, 6.07) is 33.4. The van der Waals surface area contributed by atoms with Crippen LogP contribution in [-0.4, -0.2) is 38.1 Å². The Hall–Kier alpha value is -4.28. The average molecular weight is 593 g/mol. The molecule has 9 heteroatoms. The van der Waals surface area contributed by atoms with Crippen LogP contribution in [0.15, 0.2) is 115 Å². The van der Waals surface area contributed by atoms with Gasteiger partial charge in [0.15, 0.2) is 11.4 Å². The van der Waals surface area contributed by atoms with Gasteiger partial charge in [-0.15, -0.1) is 0 Å². The zero-order chi connectivity index (χ0) is 29.4. The predicted molar refractivity (Wildman–Crippen MR) is 165 cm³/mol. The van der Waals surface area contributed by atoms with Gasteiger partial charge < -0.3 is 19.9 Å². The van der Waals surface area contributed by atoms with Crippen LogP contribution in [0.25, 0.3) is 11.1 Å². The van der Waals surface area contributed by atoms with Crippen molar-refractivity contribution >= 4 is 17.7 Å². The van der Waals surface area contributed by atoms with E-state index in [0.29, 0.717) is 24.3 Å². The number of nitrogens with one attached hydrogen (secondary N) is 2. The van der Waals surface area contributed by atoms with Crippen LogP contribution >= 0.6 is 11.8 Å². The minimum atomic E-state index is -0.550. The van der Waals surface area contributed by atoms with E-state index in [4.69, 9.17) is 9.47 Å². The fourth-order valence-corrected chi connectivity index (χ4v) is 5.90. The number of benzene rings is 4. The molecule has 1 aliphatic rings. The fourth-order valence-electron chi connectivity index (χ4n) is 5.10. The monoisotopic (exact) mass is 592 g/mol. The molecule has 218 valence electrons. The number of aliphatic hydroxyl groups excluding tert-OH is 1. The number of hydrogen-bond donors (Lipinski definition) is 3. The van der Waals surface area contributed by atoms with E-state index in [0.717, 1.165) is 38.5 Å². The second kappa shape index (κ2) is 13.8. The molecule has 0 aliphatic carbocycles. The topological polar surface area (TPSA) is 109 Å². The zero-order valence-corrected chi connectivity index (χ0v) is 24.2. The number of ether oxygens (including phenoxy) is 2. The molecule has 1 amide bonds. The van der Waals surface area contributed by atoms with Crippen molar-refractivity contribution in [2.45, 2.75) is 43.2 Å². The molecule has 3 atom stereocenters. The van der Waals surface area contributed by atoms with Crippen LogP contribution in [0.1, 0.15) is 51.4 Å². The molecule has 8 nitrogen and oxygen atoms in total. The van der Waals surface area contributed by atoms with Crippen molar-refractivity contribution in [2.75, 3.05) is 5.75 Å². The fraction of sp³-hybridized carbons (Fsp3) is 0.206. The van der Waals surface area contributed by atoms with Crippen LogP contribution in [0.3, 0.4) is 0 Å². The van der Waals surface area contributed by atoms with Gasteiger partial charge in [-0.05, 0) is 39.9 Å². The molecule has 0 bridgehead atoms. The Morgan fingerprint density at radius 1 is 0.907 bits per heavy atom. The van der Waals surface area contributed by atoms with E-state index in [1.54, 1.807) is 11.8 Å². The van der Waals surface area contributed by atoms with Gasteiger partial charge in [-0.3, -0.25) is 9.89 Å². The Morgan fingerprint density at radius 3 is 2.40 bits per heavy atom. The summed E-state index contributed by atoms with van der Waals surface area (Å²) in [5.74, 6) is 0.592. The Kier molecular flexibility index (Phi) is 9.25. The molecular formula is C34H32N4O4S. The first-order valence-corrected chi connectivity index (χ1v) is 15.1. The van der Waals surface area contributed by atoms with E-state index in [1.165, 1.54) is 6.33 Å². The van der Waals surface area contributed by atoms with E-state index in [2.05, 4.69) is 38.7 Å². The molecule has 0 unspecified atom stereocenters. The minimum Gasteiger partial charge on any atom is -0.392 e. The minimum absolute atomic E-state index is 0.00284. The quantitative estimate of drug-likeness (QED) is 0.165. The van der Waals surface area contributed by atoms with E-state index in [1.807, 2.05) is 84.9 Å². The number of aliphatic hydroxyl groups is 1. The first-order chi connectivity index (χ1) is 21.2. The van der Waals surface area contributed by atoms with Crippen molar-refractivity contribution in [1.29, 1.82) is 0 Å². The van der Waals surface area contributed by atoms with Crippen molar-refractivity contribution in [3.05, 3.63) is 137 Å². The highest BCUT2D eigenvalue weighted by atomic mass is 32.2. The summed E-state index contributed by atoms with van der Waals surface area (Å²) in [5, 5.41) is 20.1. The molecule has 4 aromatic carbocycles. The molecule has 0 radical (unpaired) electrons. The molecule has 3 N–H and O–H groups in total. The number of carbonyl (C=O) groups is 1. The Labute approximate surface area is 254 Å². The van der Waals surface area contributed by atoms with Crippen molar-refractivity contribution in [3.63, 3.8) is 0 Å². The molecular weight excluding hydrogens is 560 g/mol. The smallest absolute Gasteiger partial charge is 0.251 e. The maximum Gasteiger partial charge on any atom is 0.251 e. The molecule has 1 saturated heterocycles. The Morgan fingerprint density at radius 2 is 1.65 bits per heavy atom. The van der Waals surface area contributed by atoms with Gasteiger partial charge in [-0.1, -0.05) is 103 Å². The molecule has 1 fully saturated rings. The molecule has 6 rings (SSSR count). The standard InChI is InChI=1S/C34H32N4O4S/c39-20-23-10-12-25(13-11-23)31-18-29(21-43-34-36-22-37-38-34)41-33(42-31)27-16-14-24(15-17-27)30-9-5-4-8-28(30)19-35-32(40)26-6-2-1-3-7-26/h1-17,22,29,31,33,39H,18-21H2,(H,35,40)(H,36,37,38)/t29-,31+,33+/m0/s1. The number of thioether (sulfide) groups is 1. The number of rotatable bonds is 10. The first-order valence-electron chi connectivity index (χ1n) is 14.2. The molecule has 43 heavy (non-hydrogen) atoms. The average Bonchev–Trinajstić information content (AvgIpc) is 3.61. The lowest BCUT2D eigenvalue weighted by Gasteiger charge is -2.36. The summed E-state index contributed by atoms with van der Waals surface area (Å²) < 4.78 is 12.9. The maximum absolute atomic E-state index is 12.6. The van der Waals surface area contributed by atoms with Crippen molar-refractivity contribution in [3.8, 4) is 11.1 Å². The Balaban J connectivity index is 1.18. The summed E-state index contributed by atoms with van der Waals surface area (Å²) in [6.07, 6.45) is 1.39. The molecule has 0 spiro atoms. The summed E-state index contributed by atoms with van der Waals surface area (Å²) >= 11 is 1.57. The summed E-state index contributed by atoms with van der Waals surface area (Å²) in [6.45, 7) is 0.421. The van der Waals surface area contributed by atoms with Crippen molar-refractivity contribution in [1.82, 2.24) is 20.5 Å². The third kappa shape index (κ3) is 7.21. The van der Waals surface area contributed by atoms with Gasteiger partial charge >= 0.3 is 0 Å². The number of amides is 1. The SMILES string of the molecule is O=C(NCc1ccccc1-c1ccc([C@@H]2O[C@H](CSc3ncn[nH]3)C[C@H](c3ccc(CO)cc3)O2)cc1)c1ccccc1. The summed E-state index contributed by atoms with van der Waals surface area (Å²) in [5.41, 5.74) is 6.58. The lowest BCUT2D eigenvalue weighted by Crippen LogP contribution is -2.31. The van der Waals surface area contributed by atoms with Gasteiger partial charge in [0.05, 0.1) is 18.8 Å². The van der Waals surface area contributed by atoms with Crippen LogP contribution in [-0.2, 0) is 22.6 Å². The van der Waals surface area contributed by atoms with Gasteiger partial charge in [0.1, 0.15) is 6.33 Å². The highest BCUT2D eigenvalue weighted by molar-refractivity contribution is 7.99. The molecule has 2 heterocycles. The van der Waals surface area contributed by atoms with Crippen LogP contribution in [0, 0.1) is 0 Å². The molecule has 1 aliphatic heterocycles. The largest absolute Gasteiger partial charge is 0.392 e. The first kappa shape index (κ1) is 28.8. The van der Waals surface area contributed by atoms with Gasteiger partial charge in [0.25, 0.3) is 5.91 Å². The molecule has 5 aromatic rings. The number of carbonyl (C=O) groups excluding carboxylic acids is 1. The highest BCUT2D eigenvalue weighted by Crippen LogP contribution is 2.39. The van der Waals surface area contributed by atoms with Crippen LogP contribution in [0.4, 0.5) is 0 Å². The number of aromatic amines is 1. The normalized spacial score (nSPS) is 18.3. The lowest BCUT2D eigenvalue weighted by molar-refractivity contribution is -0.245. The van der Waals surface area contributed by atoms with Gasteiger partial charge in [-0.25, -0.2) is 4.98 Å². The Bertz CT molecular complexity index is 1610. The second-order valence-electron chi connectivity index (χ2n) is 10.3. The second-order valence-corrected chi connectivity index (χ2v) is 11.3. The molecule has 1 aromatic heterocycles. The number of H-pyrrole nitrogens is 1. The van der Waals surface area contributed by atoms with Gasteiger partial charge in [0.2, 0.25) is 0 Å². The third-order valence-electron chi connectivity index (χ3n) is 7.40. The predicted octanol–water partition coefficient (Wildman–Crippen LogP) is 6.23. The van der Waals surface area contributed by atoms with Gasteiger partial charge in [-0.2, -0.15) is 5.10 Å².